The van der Waals surface area contributed by atoms with E-state index in [4.69, 9.17) is 4.84 Å². The lowest BCUT2D eigenvalue weighted by atomic mass is 10.1. The van der Waals surface area contributed by atoms with E-state index in [0.717, 1.165) is 4.80 Å². The Balaban J connectivity index is 2.46. The van der Waals surface area contributed by atoms with E-state index in [1.165, 1.54) is 14.0 Å². The molecule has 0 spiro atoms. The predicted octanol–water partition coefficient (Wildman–Crippen LogP) is 1.10. The van der Waals surface area contributed by atoms with Gasteiger partial charge in [0.1, 0.15) is 5.60 Å². The van der Waals surface area contributed by atoms with Gasteiger partial charge in [0.15, 0.2) is 10.7 Å². The standard InChI is InChI=1S/C10H14F2N4O3S/c1-6-8(14-16(4)13-6)10(11,12)20(17,18)7-5-9(2,3)19-15-7/h5H2,1-4H3. The van der Waals surface area contributed by atoms with E-state index in [-0.39, 0.29) is 12.1 Å². The maximum Gasteiger partial charge on any atom is 0.396 e. The van der Waals surface area contributed by atoms with Crippen molar-refractivity contribution in [2.75, 3.05) is 0 Å². The molecule has 0 bridgehead atoms. The molecule has 1 aliphatic rings. The van der Waals surface area contributed by atoms with Crippen LogP contribution in [0, 0.1) is 6.92 Å². The van der Waals surface area contributed by atoms with Crippen LogP contribution in [0.2, 0.25) is 0 Å². The zero-order chi connectivity index (χ0) is 15.3. The van der Waals surface area contributed by atoms with Crippen LogP contribution in [-0.2, 0) is 27.0 Å². The Hall–Kier alpha value is -1.58. The van der Waals surface area contributed by atoms with Gasteiger partial charge in [0.25, 0.3) is 9.84 Å². The van der Waals surface area contributed by atoms with Gasteiger partial charge in [-0.2, -0.15) is 23.8 Å². The number of oxime groups is 1. The number of hydrogen-bond donors (Lipinski definition) is 0. The van der Waals surface area contributed by atoms with E-state index in [1.54, 1.807) is 13.8 Å². The number of aromatic nitrogens is 3. The molecular formula is C10H14F2N4O3S. The average Bonchev–Trinajstić information content (AvgIpc) is 2.81. The van der Waals surface area contributed by atoms with E-state index < -0.39 is 31.4 Å². The van der Waals surface area contributed by atoms with Crippen LogP contribution in [0.4, 0.5) is 8.78 Å². The Kier molecular flexibility index (Phi) is 3.12. The normalized spacial score (nSPS) is 18.8. The fourth-order valence-electron chi connectivity index (χ4n) is 1.80. The summed E-state index contributed by atoms with van der Waals surface area (Å²) >= 11 is 0. The van der Waals surface area contributed by atoms with Crippen LogP contribution < -0.4 is 0 Å². The topological polar surface area (TPSA) is 86.4 Å². The van der Waals surface area contributed by atoms with Gasteiger partial charge >= 0.3 is 5.25 Å². The number of nitrogens with zero attached hydrogens (tertiary/aromatic N) is 4. The number of rotatable bonds is 2. The van der Waals surface area contributed by atoms with Crippen molar-refractivity contribution in [2.24, 2.45) is 12.2 Å². The molecule has 0 unspecified atom stereocenters. The van der Waals surface area contributed by atoms with Gasteiger partial charge < -0.3 is 4.84 Å². The summed E-state index contributed by atoms with van der Waals surface area (Å²) in [6.07, 6.45) is -0.218. The van der Waals surface area contributed by atoms with Crippen molar-refractivity contribution in [1.82, 2.24) is 15.0 Å². The van der Waals surface area contributed by atoms with Gasteiger partial charge in [-0.3, -0.25) is 0 Å². The van der Waals surface area contributed by atoms with Crippen LogP contribution in [0.3, 0.4) is 0 Å². The third-order valence-corrected chi connectivity index (χ3v) is 4.48. The van der Waals surface area contributed by atoms with Crippen molar-refractivity contribution in [3.8, 4) is 0 Å². The minimum absolute atomic E-state index is 0.153. The SMILES string of the molecule is Cc1nn(C)nc1C(F)(F)S(=O)(=O)C1=NOC(C)(C)C1. The third-order valence-electron chi connectivity index (χ3n) is 2.78. The highest BCUT2D eigenvalue weighted by molar-refractivity contribution is 8.06. The number of aryl methyl sites for hydroxylation is 2. The van der Waals surface area contributed by atoms with Crippen LogP contribution in [0.25, 0.3) is 0 Å². The number of halogens is 2. The molecule has 20 heavy (non-hydrogen) atoms. The lowest BCUT2D eigenvalue weighted by Crippen LogP contribution is -2.34. The van der Waals surface area contributed by atoms with Crippen molar-refractivity contribution >= 4 is 14.9 Å². The number of sulfone groups is 1. The Morgan fingerprint density at radius 2 is 1.95 bits per heavy atom. The van der Waals surface area contributed by atoms with Gasteiger partial charge in [0, 0.05) is 13.5 Å². The summed E-state index contributed by atoms with van der Waals surface area (Å²) in [5.41, 5.74) is -1.97. The maximum atomic E-state index is 14.3. The Labute approximate surface area is 114 Å². The fraction of sp³-hybridized carbons (Fsp3) is 0.700. The molecule has 2 rings (SSSR count). The van der Waals surface area contributed by atoms with E-state index in [0.29, 0.717) is 0 Å². The predicted molar refractivity (Wildman–Crippen MR) is 65.8 cm³/mol. The van der Waals surface area contributed by atoms with Crippen LogP contribution in [0.1, 0.15) is 31.7 Å². The van der Waals surface area contributed by atoms with Crippen LogP contribution in [-0.4, -0.2) is 34.1 Å². The number of hydrogen-bond acceptors (Lipinski definition) is 6. The van der Waals surface area contributed by atoms with E-state index in [9.17, 15) is 17.2 Å². The summed E-state index contributed by atoms with van der Waals surface area (Å²) < 4.78 is 52.7. The molecule has 1 aliphatic heterocycles. The summed E-state index contributed by atoms with van der Waals surface area (Å²) in [6.45, 7) is 4.39. The highest BCUT2D eigenvalue weighted by atomic mass is 32.2. The molecule has 0 aliphatic carbocycles. The molecule has 1 aromatic rings. The van der Waals surface area contributed by atoms with Gasteiger partial charge in [-0.05, 0) is 20.8 Å². The molecule has 10 heteroatoms. The summed E-state index contributed by atoms with van der Waals surface area (Å²) in [4.78, 5) is 5.73. The summed E-state index contributed by atoms with van der Waals surface area (Å²) in [5, 5.41) is 5.47. The van der Waals surface area contributed by atoms with Crippen molar-refractivity contribution in [2.45, 2.75) is 38.0 Å². The molecule has 0 N–H and O–H groups in total. The molecule has 2 heterocycles. The van der Waals surface area contributed by atoms with Crippen molar-refractivity contribution in [3.05, 3.63) is 11.4 Å². The highest BCUT2D eigenvalue weighted by Gasteiger charge is 2.55. The zero-order valence-electron chi connectivity index (χ0n) is 11.4. The minimum atomic E-state index is -5.00. The molecule has 0 atom stereocenters. The van der Waals surface area contributed by atoms with Crippen LogP contribution in [0.5, 0.6) is 0 Å². The zero-order valence-corrected chi connectivity index (χ0v) is 12.2. The molecule has 112 valence electrons. The molecule has 0 fully saturated rings. The molecular weight excluding hydrogens is 294 g/mol. The monoisotopic (exact) mass is 308 g/mol. The summed E-state index contributed by atoms with van der Waals surface area (Å²) in [7, 11) is -3.66. The van der Waals surface area contributed by atoms with Gasteiger partial charge in [-0.25, -0.2) is 8.42 Å². The first-order valence-electron chi connectivity index (χ1n) is 5.73. The highest BCUT2D eigenvalue weighted by Crippen LogP contribution is 2.38. The van der Waals surface area contributed by atoms with Crippen LogP contribution in [0.15, 0.2) is 5.16 Å². The van der Waals surface area contributed by atoms with E-state index in [2.05, 4.69) is 15.4 Å². The fourth-order valence-corrected chi connectivity index (χ4v) is 3.21. The lowest BCUT2D eigenvalue weighted by Gasteiger charge is -2.16. The lowest BCUT2D eigenvalue weighted by molar-refractivity contribution is 0.0123. The van der Waals surface area contributed by atoms with Gasteiger partial charge in [-0.1, -0.05) is 5.16 Å². The quantitative estimate of drug-likeness (QED) is 0.816. The smallest absolute Gasteiger partial charge is 0.389 e. The second kappa shape index (κ2) is 4.21. The van der Waals surface area contributed by atoms with Gasteiger partial charge in [0.05, 0.1) is 5.69 Å². The molecule has 0 saturated carbocycles. The molecule has 0 amide bonds. The van der Waals surface area contributed by atoms with Crippen LogP contribution >= 0.6 is 0 Å². The van der Waals surface area contributed by atoms with Gasteiger partial charge in [0.2, 0.25) is 0 Å². The second-order valence-corrected chi connectivity index (χ2v) is 7.15. The largest absolute Gasteiger partial charge is 0.396 e. The first-order chi connectivity index (χ1) is 8.97. The molecule has 1 aromatic heterocycles. The van der Waals surface area contributed by atoms with Gasteiger partial charge in [-0.15, -0.1) is 0 Å². The Morgan fingerprint density at radius 1 is 1.35 bits per heavy atom. The first kappa shape index (κ1) is 14.8. The summed E-state index contributed by atoms with van der Waals surface area (Å²) in [6, 6.07) is 0. The average molecular weight is 308 g/mol. The Morgan fingerprint density at radius 3 is 2.35 bits per heavy atom. The molecule has 0 saturated heterocycles. The minimum Gasteiger partial charge on any atom is -0.389 e. The van der Waals surface area contributed by atoms with E-state index in [1.807, 2.05) is 0 Å². The van der Waals surface area contributed by atoms with Crippen molar-refractivity contribution in [3.63, 3.8) is 0 Å². The second-order valence-electron chi connectivity index (χ2n) is 5.16. The molecule has 0 radical (unpaired) electrons. The Bertz CT molecular complexity index is 679. The molecule has 7 nitrogen and oxygen atoms in total. The van der Waals surface area contributed by atoms with Crippen molar-refractivity contribution < 1.29 is 22.0 Å². The number of alkyl halides is 2. The summed E-state index contributed by atoms with van der Waals surface area (Å²) in [5.74, 6) is 0. The van der Waals surface area contributed by atoms with E-state index >= 15 is 0 Å². The third kappa shape index (κ3) is 2.17. The van der Waals surface area contributed by atoms with Crippen molar-refractivity contribution in [1.29, 1.82) is 0 Å². The first-order valence-corrected chi connectivity index (χ1v) is 7.21. The maximum absolute atomic E-state index is 14.3. The molecule has 0 aromatic carbocycles.